The molecule has 2 aromatic heterocycles. The summed E-state index contributed by atoms with van der Waals surface area (Å²) in [5, 5.41) is 0. The van der Waals surface area contributed by atoms with Crippen molar-refractivity contribution in [1.29, 1.82) is 0 Å². The van der Waals surface area contributed by atoms with Crippen molar-refractivity contribution in [2.75, 3.05) is 41.0 Å². The minimum absolute atomic E-state index is 0.0435. The Hall–Kier alpha value is -2.74. The van der Waals surface area contributed by atoms with Crippen molar-refractivity contribution in [2.45, 2.75) is 4.90 Å². The van der Waals surface area contributed by atoms with Gasteiger partial charge in [-0.15, -0.1) is 0 Å². The van der Waals surface area contributed by atoms with E-state index in [2.05, 4.69) is 9.97 Å². The Balaban J connectivity index is 2.26. The zero-order valence-electron chi connectivity index (χ0n) is 17.1. The van der Waals surface area contributed by atoms with Gasteiger partial charge in [-0.25, -0.2) is 22.7 Å². The van der Waals surface area contributed by atoms with Crippen molar-refractivity contribution in [3.63, 3.8) is 0 Å². The average Bonchev–Trinajstić information content (AvgIpc) is 3.02. The minimum atomic E-state index is -3.92. The fraction of sp³-hybridized carbons (Fsp3) is 0.294. The number of rotatable bonds is 6. The predicted molar refractivity (Wildman–Crippen MR) is 113 cm³/mol. The number of hydrogen-bond acceptors (Lipinski definition) is 8. The van der Waals surface area contributed by atoms with Crippen LogP contribution in [0.1, 0.15) is 0 Å². The van der Waals surface area contributed by atoms with Gasteiger partial charge < -0.3 is 10.5 Å². The van der Waals surface area contributed by atoms with E-state index in [0.717, 1.165) is 12.6 Å². The van der Waals surface area contributed by atoms with Crippen LogP contribution >= 0.6 is 0 Å². The number of fused-ring (bicyclic) bond motifs is 1. The normalized spacial score (nSPS) is 12.8. The molecular formula is C17H22N6O5S2. The van der Waals surface area contributed by atoms with Gasteiger partial charge in [0, 0.05) is 40.0 Å². The van der Waals surface area contributed by atoms with Crippen LogP contribution in [0.3, 0.4) is 0 Å². The number of benzene rings is 1. The molecule has 30 heavy (non-hydrogen) atoms. The third-order valence-corrected chi connectivity index (χ3v) is 8.01. The number of sulfonamides is 1. The molecule has 13 heteroatoms. The molecule has 0 saturated heterocycles. The van der Waals surface area contributed by atoms with Gasteiger partial charge in [0.25, 0.3) is 0 Å². The first-order valence-corrected chi connectivity index (χ1v) is 11.4. The molecule has 2 N–H and O–H groups in total. The molecule has 0 radical (unpaired) electrons. The Labute approximate surface area is 174 Å². The van der Waals surface area contributed by atoms with Gasteiger partial charge >= 0.3 is 10.2 Å². The van der Waals surface area contributed by atoms with Crippen LogP contribution in [0.15, 0.2) is 35.4 Å². The fourth-order valence-electron chi connectivity index (χ4n) is 2.78. The first kappa shape index (κ1) is 22.0. The number of anilines is 1. The molecular weight excluding hydrogens is 432 g/mol. The van der Waals surface area contributed by atoms with Crippen LogP contribution in [0.5, 0.6) is 5.88 Å². The number of aromatic nitrogens is 3. The standard InChI is InChI=1S/C17H22N6O5S2/c1-21(2)29(24,25)15-9-12(10-19-16(15)28-5)11-6-7-13-14(8-11)23(17(18)20-13)30(26,27)22(3)4/h6-10H,1-5H3,(H2,18,20). The van der Waals surface area contributed by atoms with E-state index in [-0.39, 0.29) is 22.2 Å². The maximum Gasteiger partial charge on any atom is 0.310 e. The molecule has 0 amide bonds. The summed E-state index contributed by atoms with van der Waals surface area (Å²) in [6.07, 6.45) is 1.44. The van der Waals surface area contributed by atoms with Crippen LogP contribution in [0.2, 0.25) is 0 Å². The third-order valence-electron chi connectivity index (χ3n) is 4.43. The topological polar surface area (TPSA) is 141 Å². The van der Waals surface area contributed by atoms with Gasteiger partial charge in [0.15, 0.2) is 0 Å². The third kappa shape index (κ3) is 3.49. The quantitative estimate of drug-likeness (QED) is 0.571. The molecule has 1 aromatic carbocycles. The maximum atomic E-state index is 12.7. The van der Waals surface area contributed by atoms with Gasteiger partial charge in [-0.1, -0.05) is 6.07 Å². The Morgan fingerprint density at radius 1 is 1.00 bits per heavy atom. The summed E-state index contributed by atoms with van der Waals surface area (Å²) in [5.41, 5.74) is 7.47. The van der Waals surface area contributed by atoms with Crippen LogP contribution in [-0.4, -0.2) is 74.7 Å². The lowest BCUT2D eigenvalue weighted by Crippen LogP contribution is -2.29. The van der Waals surface area contributed by atoms with Gasteiger partial charge in [0.2, 0.25) is 21.9 Å². The van der Waals surface area contributed by atoms with Crippen molar-refractivity contribution >= 4 is 37.2 Å². The highest BCUT2D eigenvalue weighted by molar-refractivity contribution is 7.89. The lowest BCUT2D eigenvalue weighted by molar-refractivity contribution is 0.383. The number of pyridine rings is 1. The average molecular weight is 455 g/mol. The molecule has 0 saturated carbocycles. The smallest absolute Gasteiger partial charge is 0.310 e. The molecule has 0 unspecified atom stereocenters. The van der Waals surface area contributed by atoms with Crippen molar-refractivity contribution in [3.8, 4) is 17.0 Å². The van der Waals surface area contributed by atoms with E-state index in [1.165, 1.54) is 47.6 Å². The first-order chi connectivity index (χ1) is 13.9. The summed E-state index contributed by atoms with van der Waals surface area (Å²) in [7, 11) is -0.837. The predicted octanol–water partition coefficient (Wildman–Crippen LogP) is 0.594. The fourth-order valence-corrected chi connectivity index (χ4v) is 4.81. The minimum Gasteiger partial charge on any atom is -0.480 e. The monoisotopic (exact) mass is 454 g/mol. The van der Waals surface area contributed by atoms with Crippen LogP contribution in [0.25, 0.3) is 22.2 Å². The van der Waals surface area contributed by atoms with Gasteiger partial charge in [0.1, 0.15) is 4.90 Å². The Morgan fingerprint density at radius 3 is 2.23 bits per heavy atom. The molecule has 0 aliphatic rings. The number of nitrogen functional groups attached to an aromatic ring is 1. The van der Waals surface area contributed by atoms with Crippen LogP contribution in [0.4, 0.5) is 5.95 Å². The summed E-state index contributed by atoms with van der Waals surface area (Å²) >= 11 is 0. The van der Waals surface area contributed by atoms with Crippen molar-refractivity contribution in [1.82, 2.24) is 22.6 Å². The number of imidazole rings is 1. The second kappa shape index (κ2) is 7.50. The van der Waals surface area contributed by atoms with Crippen molar-refractivity contribution < 1.29 is 21.6 Å². The van der Waals surface area contributed by atoms with Crippen LogP contribution < -0.4 is 10.5 Å². The van der Waals surface area contributed by atoms with E-state index >= 15 is 0 Å². The van der Waals surface area contributed by atoms with Gasteiger partial charge in [-0.3, -0.25) is 0 Å². The van der Waals surface area contributed by atoms with Gasteiger partial charge in [-0.2, -0.15) is 16.7 Å². The highest BCUT2D eigenvalue weighted by atomic mass is 32.2. The second-order valence-corrected chi connectivity index (χ2v) is 10.9. The van der Waals surface area contributed by atoms with E-state index in [1.54, 1.807) is 18.2 Å². The molecule has 3 rings (SSSR count). The SMILES string of the molecule is COc1ncc(-c2ccc3nc(N)n(S(=O)(=O)N(C)C)c3c2)cc1S(=O)(=O)N(C)C. The highest BCUT2D eigenvalue weighted by Crippen LogP contribution is 2.31. The van der Waals surface area contributed by atoms with Gasteiger partial charge in [-0.05, 0) is 23.8 Å². The van der Waals surface area contributed by atoms with Crippen LogP contribution in [-0.2, 0) is 20.2 Å². The molecule has 0 fully saturated rings. The molecule has 0 spiro atoms. The summed E-state index contributed by atoms with van der Waals surface area (Å²) in [4.78, 5) is 8.10. The second-order valence-electron chi connectivity index (χ2n) is 6.75. The Bertz CT molecular complexity index is 1330. The lowest BCUT2D eigenvalue weighted by Gasteiger charge is -2.15. The number of nitrogens with zero attached hydrogens (tertiary/aromatic N) is 5. The summed E-state index contributed by atoms with van der Waals surface area (Å²) in [5.74, 6) is -0.224. The zero-order valence-corrected chi connectivity index (χ0v) is 18.7. The molecule has 0 aliphatic carbocycles. The lowest BCUT2D eigenvalue weighted by atomic mass is 10.1. The maximum absolute atomic E-state index is 12.7. The first-order valence-electron chi connectivity index (χ1n) is 8.59. The van der Waals surface area contributed by atoms with E-state index in [0.29, 0.717) is 16.6 Å². The molecule has 0 atom stereocenters. The Morgan fingerprint density at radius 2 is 1.67 bits per heavy atom. The number of hydrogen-bond donors (Lipinski definition) is 1. The van der Waals surface area contributed by atoms with E-state index < -0.39 is 20.2 Å². The van der Waals surface area contributed by atoms with Crippen molar-refractivity contribution in [2.24, 2.45) is 0 Å². The zero-order chi connectivity index (χ0) is 22.4. The largest absolute Gasteiger partial charge is 0.480 e. The number of methoxy groups -OCH3 is 1. The van der Waals surface area contributed by atoms with E-state index in [1.807, 2.05) is 0 Å². The highest BCUT2D eigenvalue weighted by Gasteiger charge is 2.26. The van der Waals surface area contributed by atoms with E-state index in [9.17, 15) is 16.8 Å². The number of ether oxygens (including phenoxy) is 1. The summed E-state index contributed by atoms with van der Waals surface area (Å²) in [6.45, 7) is 0. The van der Waals surface area contributed by atoms with Crippen molar-refractivity contribution in [3.05, 3.63) is 30.5 Å². The Kier molecular flexibility index (Phi) is 5.49. The van der Waals surface area contributed by atoms with Crippen LogP contribution in [0, 0.1) is 0 Å². The van der Waals surface area contributed by atoms with Gasteiger partial charge in [0.05, 0.1) is 18.1 Å². The molecule has 11 nitrogen and oxygen atoms in total. The number of nitrogens with two attached hydrogens (primary N) is 1. The molecule has 2 heterocycles. The molecule has 0 bridgehead atoms. The molecule has 162 valence electrons. The summed E-state index contributed by atoms with van der Waals surface area (Å²) < 4.78 is 58.8. The summed E-state index contributed by atoms with van der Waals surface area (Å²) in [6, 6.07) is 6.27. The molecule has 0 aliphatic heterocycles. The van der Waals surface area contributed by atoms with E-state index in [4.69, 9.17) is 10.5 Å². The molecule has 3 aromatic rings.